The molecule has 1 aromatic heterocycles. The SMILES string of the molecule is CCNc1nc(CCCNB(C)O)nc(SC)n1. The van der Waals surface area contributed by atoms with E-state index in [2.05, 4.69) is 25.5 Å². The molecule has 0 saturated carbocycles. The molecule has 0 bridgehead atoms. The molecule has 0 unspecified atom stereocenters. The highest BCUT2D eigenvalue weighted by atomic mass is 32.2. The van der Waals surface area contributed by atoms with Gasteiger partial charge in [-0.15, -0.1) is 0 Å². The van der Waals surface area contributed by atoms with Gasteiger partial charge >= 0.3 is 7.05 Å². The molecule has 1 aromatic rings. The number of anilines is 1. The zero-order chi connectivity index (χ0) is 13.4. The monoisotopic (exact) mass is 269 g/mol. The van der Waals surface area contributed by atoms with Gasteiger partial charge in [0.1, 0.15) is 5.82 Å². The summed E-state index contributed by atoms with van der Waals surface area (Å²) in [7, 11) is -0.470. The third kappa shape index (κ3) is 5.66. The first kappa shape index (κ1) is 15.2. The summed E-state index contributed by atoms with van der Waals surface area (Å²) in [5.74, 6) is 1.42. The first-order chi connectivity index (χ1) is 8.65. The maximum absolute atomic E-state index is 9.08. The van der Waals surface area contributed by atoms with Crippen molar-refractivity contribution in [2.75, 3.05) is 24.7 Å². The Labute approximate surface area is 113 Å². The Hall–Kier alpha value is -0.855. The van der Waals surface area contributed by atoms with Crippen molar-refractivity contribution >= 4 is 24.8 Å². The van der Waals surface area contributed by atoms with E-state index < -0.39 is 7.05 Å². The molecule has 0 amide bonds. The minimum Gasteiger partial charge on any atom is -0.437 e. The summed E-state index contributed by atoms with van der Waals surface area (Å²) in [4.78, 5) is 13.0. The Morgan fingerprint density at radius 3 is 2.72 bits per heavy atom. The minimum absolute atomic E-state index is 0.470. The number of rotatable bonds is 8. The van der Waals surface area contributed by atoms with Crippen molar-refractivity contribution in [1.82, 2.24) is 20.2 Å². The summed E-state index contributed by atoms with van der Waals surface area (Å²) in [6.07, 6.45) is 3.60. The van der Waals surface area contributed by atoms with Gasteiger partial charge in [0, 0.05) is 13.0 Å². The van der Waals surface area contributed by atoms with Crippen molar-refractivity contribution in [2.45, 2.75) is 31.7 Å². The molecule has 0 saturated heterocycles. The van der Waals surface area contributed by atoms with Crippen LogP contribution in [0.2, 0.25) is 6.82 Å². The Morgan fingerprint density at radius 1 is 1.33 bits per heavy atom. The molecule has 8 heteroatoms. The molecule has 0 aromatic carbocycles. The fraction of sp³-hybridized carbons (Fsp3) is 0.700. The lowest BCUT2D eigenvalue weighted by atomic mass is 9.89. The van der Waals surface area contributed by atoms with Crippen LogP contribution in [0, 0.1) is 0 Å². The van der Waals surface area contributed by atoms with E-state index in [-0.39, 0.29) is 0 Å². The van der Waals surface area contributed by atoms with Crippen LogP contribution in [0.1, 0.15) is 19.2 Å². The predicted molar refractivity (Wildman–Crippen MR) is 75.9 cm³/mol. The van der Waals surface area contributed by atoms with Gasteiger partial charge in [-0.1, -0.05) is 11.8 Å². The summed E-state index contributed by atoms with van der Waals surface area (Å²) in [6, 6.07) is 0. The van der Waals surface area contributed by atoms with E-state index in [0.717, 1.165) is 36.9 Å². The topological polar surface area (TPSA) is 83.0 Å². The van der Waals surface area contributed by atoms with Gasteiger partial charge in [-0.3, -0.25) is 0 Å². The van der Waals surface area contributed by atoms with Gasteiger partial charge in [-0.05, 0) is 33.0 Å². The summed E-state index contributed by atoms with van der Waals surface area (Å²) in [5, 5.41) is 15.9. The molecule has 18 heavy (non-hydrogen) atoms. The van der Waals surface area contributed by atoms with E-state index in [4.69, 9.17) is 5.02 Å². The number of aromatic nitrogens is 3. The smallest absolute Gasteiger partial charge is 0.373 e. The Bertz CT molecular complexity index is 366. The van der Waals surface area contributed by atoms with Crippen LogP contribution in [0.25, 0.3) is 0 Å². The molecule has 0 aliphatic rings. The molecule has 1 heterocycles. The third-order valence-electron chi connectivity index (χ3n) is 2.20. The fourth-order valence-corrected chi connectivity index (χ4v) is 1.77. The molecule has 1 rings (SSSR count). The van der Waals surface area contributed by atoms with E-state index in [9.17, 15) is 0 Å². The lowest BCUT2D eigenvalue weighted by molar-refractivity contribution is 0.550. The number of hydrogen-bond acceptors (Lipinski definition) is 7. The van der Waals surface area contributed by atoms with Crippen LogP contribution in [0.4, 0.5) is 5.95 Å². The average Bonchev–Trinajstić information content (AvgIpc) is 2.34. The molecule has 100 valence electrons. The van der Waals surface area contributed by atoms with Crippen molar-refractivity contribution in [3.63, 3.8) is 0 Å². The molecule has 0 aliphatic carbocycles. The highest BCUT2D eigenvalue weighted by Gasteiger charge is 2.06. The normalized spacial score (nSPS) is 10.4. The molecule has 0 fully saturated rings. The van der Waals surface area contributed by atoms with E-state index in [0.29, 0.717) is 5.95 Å². The van der Waals surface area contributed by atoms with Crippen LogP contribution in [0.3, 0.4) is 0 Å². The van der Waals surface area contributed by atoms with Crippen LogP contribution < -0.4 is 10.5 Å². The first-order valence-electron chi connectivity index (χ1n) is 6.10. The molecular weight excluding hydrogens is 249 g/mol. The molecular formula is C10H20BN5OS. The second-order valence-corrected chi connectivity index (χ2v) is 4.60. The second-order valence-electron chi connectivity index (χ2n) is 3.83. The first-order valence-corrected chi connectivity index (χ1v) is 7.32. The molecule has 3 N–H and O–H groups in total. The van der Waals surface area contributed by atoms with Crippen LogP contribution in [0.5, 0.6) is 0 Å². The summed E-state index contributed by atoms with van der Waals surface area (Å²) in [5.41, 5.74) is 0. The van der Waals surface area contributed by atoms with Gasteiger partial charge in [0.15, 0.2) is 5.16 Å². The number of nitrogens with one attached hydrogen (secondary N) is 2. The van der Waals surface area contributed by atoms with Crippen molar-refractivity contribution in [3.8, 4) is 0 Å². The lowest BCUT2D eigenvalue weighted by Crippen LogP contribution is -2.31. The number of thioether (sulfide) groups is 1. The summed E-state index contributed by atoms with van der Waals surface area (Å²) >= 11 is 1.51. The Morgan fingerprint density at radius 2 is 2.11 bits per heavy atom. The number of nitrogens with zero attached hydrogens (tertiary/aromatic N) is 3. The Kier molecular flexibility index (Phi) is 7.00. The van der Waals surface area contributed by atoms with E-state index in [1.807, 2.05) is 13.2 Å². The van der Waals surface area contributed by atoms with E-state index in [1.165, 1.54) is 11.8 Å². The largest absolute Gasteiger partial charge is 0.437 e. The van der Waals surface area contributed by atoms with Gasteiger partial charge in [0.05, 0.1) is 0 Å². The number of aryl methyl sites for hydroxylation is 1. The van der Waals surface area contributed by atoms with Crippen LogP contribution in [0.15, 0.2) is 5.16 Å². The quantitative estimate of drug-likeness (QED) is 0.363. The third-order valence-corrected chi connectivity index (χ3v) is 2.74. The maximum atomic E-state index is 9.08. The maximum Gasteiger partial charge on any atom is 0.373 e. The van der Waals surface area contributed by atoms with Crippen molar-refractivity contribution in [3.05, 3.63) is 5.82 Å². The zero-order valence-corrected chi connectivity index (χ0v) is 11.9. The summed E-state index contributed by atoms with van der Waals surface area (Å²) in [6.45, 7) is 5.25. The van der Waals surface area contributed by atoms with Crippen molar-refractivity contribution < 1.29 is 5.02 Å². The standard InChI is InChI=1S/C10H20BN5OS/c1-4-12-9-14-8(15-10(16-9)18-3)6-5-7-13-11(2)17/h13,17H,4-7H2,1-3H3,(H,12,14,15,16). The van der Waals surface area contributed by atoms with Crippen LogP contribution >= 0.6 is 11.8 Å². The zero-order valence-electron chi connectivity index (χ0n) is 11.1. The van der Waals surface area contributed by atoms with E-state index >= 15 is 0 Å². The van der Waals surface area contributed by atoms with Crippen LogP contribution in [-0.2, 0) is 6.42 Å². The van der Waals surface area contributed by atoms with Crippen molar-refractivity contribution in [1.29, 1.82) is 0 Å². The van der Waals surface area contributed by atoms with Gasteiger partial charge in [-0.25, -0.2) is 4.98 Å². The Balaban J connectivity index is 2.55. The molecule has 6 nitrogen and oxygen atoms in total. The molecule has 0 atom stereocenters. The number of hydrogen-bond donors (Lipinski definition) is 3. The van der Waals surface area contributed by atoms with Gasteiger partial charge in [0.2, 0.25) is 5.95 Å². The highest BCUT2D eigenvalue weighted by Crippen LogP contribution is 2.11. The van der Waals surface area contributed by atoms with Gasteiger partial charge in [-0.2, -0.15) is 9.97 Å². The lowest BCUT2D eigenvalue weighted by Gasteiger charge is -2.07. The van der Waals surface area contributed by atoms with E-state index in [1.54, 1.807) is 6.82 Å². The fourth-order valence-electron chi connectivity index (χ4n) is 1.40. The highest BCUT2D eigenvalue weighted by molar-refractivity contribution is 7.98. The predicted octanol–water partition coefficient (Wildman–Crippen LogP) is 0.658. The van der Waals surface area contributed by atoms with Crippen LogP contribution in [-0.4, -0.2) is 46.4 Å². The van der Waals surface area contributed by atoms with Crippen molar-refractivity contribution in [2.24, 2.45) is 0 Å². The molecule has 0 spiro atoms. The van der Waals surface area contributed by atoms with Gasteiger partial charge in [0.25, 0.3) is 0 Å². The molecule has 0 radical (unpaired) electrons. The molecule has 0 aliphatic heterocycles. The summed E-state index contributed by atoms with van der Waals surface area (Å²) < 4.78 is 0. The average molecular weight is 269 g/mol. The minimum atomic E-state index is -0.470. The second kappa shape index (κ2) is 8.28. The van der Waals surface area contributed by atoms with Gasteiger partial charge < -0.3 is 15.6 Å².